The number of nitrogens with one attached hydrogen (secondary N) is 1. The molecule has 2 heterocycles. The van der Waals surface area contributed by atoms with Crippen molar-refractivity contribution in [2.45, 2.75) is 18.9 Å². The molecule has 1 N–H and O–H groups in total. The molecule has 4 rings (SSSR count). The number of hydrogen-bond donors (Lipinski definition) is 1. The van der Waals surface area contributed by atoms with Gasteiger partial charge in [0.1, 0.15) is 18.2 Å². The maximum absolute atomic E-state index is 14.1. The zero-order chi connectivity index (χ0) is 25.2. The van der Waals surface area contributed by atoms with Crippen LogP contribution < -0.4 is 14.8 Å². The number of nitrogens with zero attached hydrogens (tertiary/aromatic N) is 2. The number of rotatable bonds is 7. The molecule has 3 aromatic rings. The van der Waals surface area contributed by atoms with Crippen LogP contribution in [0.5, 0.6) is 11.5 Å². The predicted octanol–water partition coefficient (Wildman–Crippen LogP) is 5.89. The summed E-state index contributed by atoms with van der Waals surface area (Å²) in [4.78, 5) is 22.1. The molecule has 1 aromatic heterocycles. The normalized spacial score (nSPS) is 16.9. The van der Waals surface area contributed by atoms with Crippen molar-refractivity contribution in [3.05, 3.63) is 81.6 Å². The number of carbonyl (C=O) groups is 1. The van der Waals surface area contributed by atoms with E-state index in [9.17, 15) is 13.6 Å². The van der Waals surface area contributed by atoms with E-state index in [2.05, 4.69) is 15.5 Å². The Morgan fingerprint density at radius 2 is 1.83 bits per heavy atom. The second kappa shape index (κ2) is 10.1. The molecular weight excluding hydrogens is 503 g/mol. The van der Waals surface area contributed by atoms with Crippen molar-refractivity contribution in [1.82, 2.24) is 4.98 Å². The molecule has 1 aliphatic rings. The number of oxime groups is 1. The number of benzene rings is 2. The summed E-state index contributed by atoms with van der Waals surface area (Å²) < 4.78 is 39.5. The Bertz CT molecular complexity index is 1280. The van der Waals surface area contributed by atoms with Gasteiger partial charge in [0.25, 0.3) is 5.91 Å². The summed E-state index contributed by atoms with van der Waals surface area (Å²) in [5.41, 5.74) is -0.638. The standard InChI is InChI=1S/C24H19Cl2F2N3O4/c1-24(9-18(31-35-24)21-16(27)4-3-5-17(21)28)12-34-20-8-13(6-7-19(20)33-2)23(32)30-22-14(25)10-29-11-15(22)26/h3-8,10-11H,9,12H2,1-2H3,(H,29,30,32). The van der Waals surface area contributed by atoms with E-state index in [1.54, 1.807) is 19.1 Å². The molecule has 11 heteroatoms. The first kappa shape index (κ1) is 24.7. The molecule has 1 atom stereocenters. The van der Waals surface area contributed by atoms with Crippen LogP contribution >= 0.6 is 23.2 Å². The highest BCUT2D eigenvalue weighted by atomic mass is 35.5. The number of ether oxygens (including phenoxy) is 2. The second-order valence-corrected chi connectivity index (χ2v) is 8.75. The van der Waals surface area contributed by atoms with Gasteiger partial charge < -0.3 is 19.6 Å². The second-order valence-electron chi connectivity index (χ2n) is 7.94. The maximum atomic E-state index is 14.1. The number of methoxy groups -OCH3 is 1. The van der Waals surface area contributed by atoms with E-state index in [1.807, 2.05) is 0 Å². The average Bonchev–Trinajstić information content (AvgIpc) is 3.21. The predicted molar refractivity (Wildman–Crippen MR) is 128 cm³/mol. The Labute approximate surface area is 209 Å². The topological polar surface area (TPSA) is 82.0 Å². The molecule has 2 aromatic carbocycles. The first-order valence-electron chi connectivity index (χ1n) is 10.3. The number of carbonyl (C=O) groups excluding carboxylic acids is 1. The Morgan fingerprint density at radius 3 is 2.49 bits per heavy atom. The number of aromatic nitrogens is 1. The van der Waals surface area contributed by atoms with E-state index in [0.29, 0.717) is 5.75 Å². The van der Waals surface area contributed by atoms with Crippen LogP contribution in [0.15, 0.2) is 53.9 Å². The Hall–Kier alpha value is -3.43. The van der Waals surface area contributed by atoms with Gasteiger partial charge in [-0.1, -0.05) is 34.4 Å². The van der Waals surface area contributed by atoms with Crippen LogP contribution in [-0.4, -0.2) is 35.9 Å². The van der Waals surface area contributed by atoms with Crippen molar-refractivity contribution in [2.75, 3.05) is 19.0 Å². The molecule has 1 aliphatic heterocycles. The lowest BCUT2D eigenvalue weighted by molar-refractivity contribution is -0.0361. The van der Waals surface area contributed by atoms with Crippen LogP contribution in [0.1, 0.15) is 29.3 Å². The van der Waals surface area contributed by atoms with Gasteiger partial charge in [-0.25, -0.2) is 8.78 Å². The van der Waals surface area contributed by atoms with E-state index < -0.39 is 23.1 Å². The summed E-state index contributed by atoms with van der Waals surface area (Å²) in [5.74, 6) is -1.33. The highest BCUT2D eigenvalue weighted by Gasteiger charge is 2.38. The fraction of sp³-hybridized carbons (Fsp3) is 0.208. The van der Waals surface area contributed by atoms with Gasteiger partial charge in [-0.05, 0) is 37.3 Å². The number of halogens is 4. The lowest BCUT2D eigenvalue weighted by atomic mass is 9.96. The maximum Gasteiger partial charge on any atom is 0.255 e. The van der Waals surface area contributed by atoms with Gasteiger partial charge in [-0.2, -0.15) is 0 Å². The monoisotopic (exact) mass is 521 g/mol. The minimum atomic E-state index is -1.01. The quantitative estimate of drug-likeness (QED) is 0.419. The largest absolute Gasteiger partial charge is 0.493 e. The van der Waals surface area contributed by atoms with E-state index in [1.165, 1.54) is 31.6 Å². The van der Waals surface area contributed by atoms with E-state index in [-0.39, 0.29) is 51.3 Å². The minimum absolute atomic E-state index is 0.0421. The van der Waals surface area contributed by atoms with Crippen molar-refractivity contribution < 1.29 is 27.9 Å². The minimum Gasteiger partial charge on any atom is -0.493 e. The Balaban J connectivity index is 1.49. The summed E-state index contributed by atoms with van der Waals surface area (Å²) in [6, 6.07) is 8.17. The fourth-order valence-corrected chi connectivity index (χ4v) is 3.91. The lowest BCUT2D eigenvalue weighted by Gasteiger charge is -2.22. The molecule has 0 saturated carbocycles. The van der Waals surface area contributed by atoms with E-state index >= 15 is 0 Å². The third-order valence-corrected chi connectivity index (χ3v) is 5.79. The highest BCUT2D eigenvalue weighted by Crippen LogP contribution is 2.34. The summed E-state index contributed by atoms with van der Waals surface area (Å²) in [6.07, 6.45) is 2.82. The number of pyridine rings is 1. The zero-order valence-corrected chi connectivity index (χ0v) is 20.1. The molecule has 0 spiro atoms. The van der Waals surface area contributed by atoms with Crippen LogP contribution in [0.2, 0.25) is 10.0 Å². The van der Waals surface area contributed by atoms with Crippen molar-refractivity contribution in [3.8, 4) is 11.5 Å². The molecule has 0 aliphatic carbocycles. The number of hydrogen-bond acceptors (Lipinski definition) is 6. The molecular formula is C24H19Cl2F2N3O4. The number of amides is 1. The molecule has 1 unspecified atom stereocenters. The average molecular weight is 522 g/mol. The van der Waals surface area contributed by atoms with Crippen LogP contribution in [0.25, 0.3) is 0 Å². The fourth-order valence-electron chi connectivity index (χ4n) is 3.45. The SMILES string of the molecule is COc1ccc(C(=O)Nc2c(Cl)cncc2Cl)cc1OCC1(C)CC(c2c(F)cccc2F)=NO1. The highest BCUT2D eigenvalue weighted by molar-refractivity contribution is 6.39. The summed E-state index contributed by atoms with van der Waals surface area (Å²) >= 11 is 12.2. The van der Waals surface area contributed by atoms with Crippen LogP contribution in [-0.2, 0) is 4.84 Å². The molecule has 0 bridgehead atoms. The van der Waals surface area contributed by atoms with E-state index in [4.69, 9.17) is 37.5 Å². The summed E-state index contributed by atoms with van der Waals surface area (Å²) in [5, 5.41) is 6.89. The Morgan fingerprint density at radius 1 is 1.14 bits per heavy atom. The molecule has 35 heavy (non-hydrogen) atoms. The van der Waals surface area contributed by atoms with Gasteiger partial charge in [0.2, 0.25) is 0 Å². The third-order valence-electron chi connectivity index (χ3n) is 5.22. The first-order chi connectivity index (χ1) is 16.7. The van der Waals surface area contributed by atoms with Crippen LogP contribution in [0.3, 0.4) is 0 Å². The molecule has 182 valence electrons. The summed E-state index contributed by atoms with van der Waals surface area (Å²) in [7, 11) is 1.45. The molecule has 7 nitrogen and oxygen atoms in total. The van der Waals surface area contributed by atoms with Crippen molar-refractivity contribution in [2.24, 2.45) is 5.16 Å². The van der Waals surface area contributed by atoms with Crippen LogP contribution in [0, 0.1) is 11.6 Å². The van der Waals surface area contributed by atoms with Gasteiger partial charge in [0.15, 0.2) is 17.1 Å². The van der Waals surface area contributed by atoms with Gasteiger partial charge in [-0.3, -0.25) is 9.78 Å². The zero-order valence-electron chi connectivity index (χ0n) is 18.6. The molecule has 0 radical (unpaired) electrons. The van der Waals surface area contributed by atoms with Gasteiger partial charge in [0, 0.05) is 24.4 Å². The van der Waals surface area contributed by atoms with Gasteiger partial charge in [-0.15, -0.1) is 0 Å². The Kier molecular flexibility index (Phi) is 7.09. The number of anilines is 1. The molecule has 0 fully saturated rings. The van der Waals surface area contributed by atoms with E-state index in [0.717, 1.165) is 12.1 Å². The van der Waals surface area contributed by atoms with Crippen molar-refractivity contribution in [1.29, 1.82) is 0 Å². The summed E-state index contributed by atoms with van der Waals surface area (Å²) in [6.45, 7) is 1.65. The van der Waals surface area contributed by atoms with Crippen molar-refractivity contribution in [3.63, 3.8) is 0 Å². The van der Waals surface area contributed by atoms with Gasteiger partial charge >= 0.3 is 0 Å². The lowest BCUT2D eigenvalue weighted by Crippen LogP contribution is -2.33. The molecule has 0 saturated heterocycles. The van der Waals surface area contributed by atoms with Gasteiger partial charge in [0.05, 0.1) is 34.1 Å². The van der Waals surface area contributed by atoms with Crippen LogP contribution in [0.4, 0.5) is 14.5 Å². The van der Waals surface area contributed by atoms with Crippen molar-refractivity contribution >= 4 is 40.5 Å². The third kappa shape index (κ3) is 5.31. The smallest absolute Gasteiger partial charge is 0.255 e. The first-order valence-corrected chi connectivity index (χ1v) is 11.1. The molecule has 1 amide bonds.